The summed E-state index contributed by atoms with van der Waals surface area (Å²) in [6.07, 6.45) is 4.83. The zero-order valence-corrected chi connectivity index (χ0v) is 17.9. The standard InChI is InChI=1S/C23H22ClN3O4/c1-29-19-11-18-20(22-21(19)30-6-7-31-22)23(26-12-25-18)27-15-5-4-14(17(24)10-15)9-16(28)8-13-2-3-13/h4-5,10-13H,2-3,6-9H2,1H3,(H,25,26,27). The molecule has 1 aliphatic heterocycles. The fraction of sp³-hybridized carbons (Fsp3) is 0.348. The fourth-order valence-corrected chi connectivity index (χ4v) is 4.04. The second kappa shape index (κ2) is 8.23. The number of rotatable bonds is 7. The number of anilines is 2. The molecule has 2 aromatic carbocycles. The molecular weight excluding hydrogens is 418 g/mol. The second-order valence-electron chi connectivity index (χ2n) is 7.84. The van der Waals surface area contributed by atoms with E-state index < -0.39 is 0 Å². The highest BCUT2D eigenvalue weighted by Crippen LogP contribution is 2.47. The molecule has 1 aromatic heterocycles. The summed E-state index contributed by atoms with van der Waals surface area (Å²) in [5.41, 5.74) is 2.26. The molecule has 1 N–H and O–H groups in total. The maximum absolute atomic E-state index is 12.2. The lowest BCUT2D eigenvalue weighted by Gasteiger charge is -2.23. The Balaban J connectivity index is 1.45. The van der Waals surface area contributed by atoms with E-state index in [1.165, 1.54) is 19.2 Å². The summed E-state index contributed by atoms with van der Waals surface area (Å²) in [6, 6.07) is 7.39. The lowest BCUT2D eigenvalue weighted by molar-refractivity contribution is -0.118. The second-order valence-corrected chi connectivity index (χ2v) is 8.25. The van der Waals surface area contributed by atoms with Crippen LogP contribution >= 0.6 is 11.6 Å². The van der Waals surface area contributed by atoms with E-state index in [2.05, 4.69) is 15.3 Å². The van der Waals surface area contributed by atoms with Crippen LogP contribution in [0.1, 0.15) is 24.8 Å². The van der Waals surface area contributed by atoms with Gasteiger partial charge in [0.15, 0.2) is 11.5 Å². The van der Waals surface area contributed by atoms with E-state index in [4.69, 9.17) is 25.8 Å². The number of halogens is 1. The largest absolute Gasteiger partial charge is 0.493 e. The molecule has 1 fully saturated rings. The number of hydrogen-bond acceptors (Lipinski definition) is 7. The highest BCUT2D eigenvalue weighted by molar-refractivity contribution is 6.31. The first kappa shape index (κ1) is 19.9. The van der Waals surface area contributed by atoms with Gasteiger partial charge in [-0.05, 0) is 36.5 Å². The average Bonchev–Trinajstić information content (AvgIpc) is 3.59. The molecule has 7 nitrogen and oxygen atoms in total. The lowest BCUT2D eigenvalue weighted by Crippen LogP contribution is -2.16. The third kappa shape index (κ3) is 4.10. The molecule has 2 aliphatic rings. The van der Waals surface area contributed by atoms with Crippen LogP contribution in [-0.4, -0.2) is 36.1 Å². The Morgan fingerprint density at radius 1 is 1.19 bits per heavy atom. The van der Waals surface area contributed by atoms with Crippen LogP contribution in [0.4, 0.5) is 11.5 Å². The Bertz CT molecular complexity index is 1160. The molecule has 0 amide bonds. The highest BCUT2D eigenvalue weighted by atomic mass is 35.5. The van der Waals surface area contributed by atoms with E-state index >= 15 is 0 Å². The summed E-state index contributed by atoms with van der Waals surface area (Å²) in [5.74, 6) is 3.05. The molecular formula is C23H22ClN3O4. The number of aromatic nitrogens is 2. The Morgan fingerprint density at radius 3 is 2.74 bits per heavy atom. The van der Waals surface area contributed by atoms with E-state index in [1.54, 1.807) is 13.2 Å². The zero-order chi connectivity index (χ0) is 21.4. The van der Waals surface area contributed by atoms with Gasteiger partial charge in [0.2, 0.25) is 5.75 Å². The van der Waals surface area contributed by atoms with E-state index in [0.29, 0.717) is 71.0 Å². The third-order valence-corrected chi connectivity index (χ3v) is 5.87. The number of nitrogens with zero attached hydrogens (tertiary/aromatic N) is 2. The van der Waals surface area contributed by atoms with E-state index in [0.717, 1.165) is 11.3 Å². The molecule has 0 bridgehead atoms. The Labute approximate surface area is 184 Å². The van der Waals surface area contributed by atoms with Crippen LogP contribution in [0.5, 0.6) is 17.2 Å². The molecule has 5 rings (SSSR count). The Kier molecular flexibility index (Phi) is 5.28. The van der Waals surface area contributed by atoms with Gasteiger partial charge in [-0.15, -0.1) is 0 Å². The van der Waals surface area contributed by atoms with Crippen LogP contribution in [0.15, 0.2) is 30.6 Å². The summed E-state index contributed by atoms with van der Waals surface area (Å²) < 4.78 is 17.1. The monoisotopic (exact) mass is 439 g/mol. The van der Waals surface area contributed by atoms with Gasteiger partial charge in [-0.25, -0.2) is 9.97 Å². The van der Waals surface area contributed by atoms with Crippen molar-refractivity contribution in [1.82, 2.24) is 9.97 Å². The number of ether oxygens (including phenoxy) is 3. The molecule has 3 aromatic rings. The topological polar surface area (TPSA) is 82.6 Å². The maximum Gasteiger partial charge on any atom is 0.204 e. The first-order valence-electron chi connectivity index (χ1n) is 10.3. The molecule has 0 atom stereocenters. The van der Waals surface area contributed by atoms with Gasteiger partial charge in [-0.2, -0.15) is 0 Å². The quantitative estimate of drug-likeness (QED) is 0.570. The number of hydrogen-bond donors (Lipinski definition) is 1. The van der Waals surface area contributed by atoms with Crippen molar-refractivity contribution < 1.29 is 19.0 Å². The smallest absolute Gasteiger partial charge is 0.204 e. The first-order valence-corrected chi connectivity index (χ1v) is 10.7. The number of methoxy groups -OCH3 is 1. The van der Waals surface area contributed by atoms with Crippen molar-refractivity contribution in [2.24, 2.45) is 5.92 Å². The minimum atomic E-state index is 0.240. The fourth-order valence-electron chi connectivity index (χ4n) is 3.79. The zero-order valence-electron chi connectivity index (χ0n) is 17.1. The van der Waals surface area contributed by atoms with Crippen LogP contribution in [0.3, 0.4) is 0 Å². The van der Waals surface area contributed by atoms with E-state index in [-0.39, 0.29) is 5.78 Å². The molecule has 0 radical (unpaired) electrons. The number of nitrogens with one attached hydrogen (secondary N) is 1. The van der Waals surface area contributed by atoms with Gasteiger partial charge < -0.3 is 19.5 Å². The predicted octanol–water partition coefficient (Wildman–Crippen LogP) is 4.72. The number of benzene rings is 2. The molecule has 1 aliphatic carbocycles. The van der Waals surface area contributed by atoms with Crippen molar-refractivity contribution in [1.29, 1.82) is 0 Å². The lowest BCUT2D eigenvalue weighted by atomic mass is 10.0. The average molecular weight is 440 g/mol. The molecule has 0 unspecified atom stereocenters. The predicted molar refractivity (Wildman–Crippen MR) is 118 cm³/mol. The van der Waals surface area contributed by atoms with Crippen molar-refractivity contribution in [3.63, 3.8) is 0 Å². The van der Waals surface area contributed by atoms with Crippen molar-refractivity contribution in [2.75, 3.05) is 25.6 Å². The van der Waals surface area contributed by atoms with Crippen LogP contribution < -0.4 is 19.5 Å². The van der Waals surface area contributed by atoms with Gasteiger partial charge in [0.1, 0.15) is 31.1 Å². The molecule has 0 saturated heterocycles. The molecule has 1 saturated carbocycles. The van der Waals surface area contributed by atoms with Crippen LogP contribution in [0.2, 0.25) is 5.02 Å². The number of Topliss-reactive ketones (excluding diaryl/α,β-unsaturated/α-hetero) is 1. The summed E-state index contributed by atoms with van der Waals surface area (Å²) in [7, 11) is 1.58. The number of carbonyl (C=O) groups excluding carboxylic acids is 1. The van der Waals surface area contributed by atoms with Gasteiger partial charge in [0, 0.05) is 29.6 Å². The van der Waals surface area contributed by atoms with E-state index in [9.17, 15) is 4.79 Å². The molecule has 2 heterocycles. The van der Waals surface area contributed by atoms with Crippen molar-refractivity contribution in [3.8, 4) is 17.2 Å². The van der Waals surface area contributed by atoms with Crippen molar-refractivity contribution in [3.05, 3.63) is 41.2 Å². The van der Waals surface area contributed by atoms with Gasteiger partial charge in [0.25, 0.3) is 0 Å². The van der Waals surface area contributed by atoms with Crippen molar-refractivity contribution in [2.45, 2.75) is 25.7 Å². The van der Waals surface area contributed by atoms with Crippen LogP contribution in [0.25, 0.3) is 10.9 Å². The van der Waals surface area contributed by atoms with Gasteiger partial charge in [-0.3, -0.25) is 4.79 Å². The highest BCUT2D eigenvalue weighted by Gasteiger charge is 2.25. The number of fused-ring (bicyclic) bond motifs is 3. The van der Waals surface area contributed by atoms with Crippen LogP contribution in [0, 0.1) is 5.92 Å². The summed E-state index contributed by atoms with van der Waals surface area (Å²) >= 11 is 6.48. The normalized spacial score (nSPS) is 15.0. The third-order valence-electron chi connectivity index (χ3n) is 5.51. The van der Waals surface area contributed by atoms with Gasteiger partial charge >= 0.3 is 0 Å². The summed E-state index contributed by atoms with van der Waals surface area (Å²) in [6.45, 7) is 0.876. The summed E-state index contributed by atoms with van der Waals surface area (Å²) in [5, 5.41) is 4.56. The maximum atomic E-state index is 12.2. The number of carbonyl (C=O) groups is 1. The van der Waals surface area contributed by atoms with Gasteiger partial charge in [-0.1, -0.05) is 17.7 Å². The molecule has 0 spiro atoms. The Hall–Kier alpha value is -3.06. The molecule has 8 heteroatoms. The number of ketones is 1. The van der Waals surface area contributed by atoms with E-state index in [1.807, 2.05) is 18.2 Å². The molecule has 160 valence electrons. The Morgan fingerprint density at radius 2 is 2.00 bits per heavy atom. The SMILES string of the molecule is COc1cc2ncnc(Nc3ccc(CC(=O)CC4CC4)c(Cl)c3)c2c2c1OCCO2. The van der Waals surface area contributed by atoms with Crippen LogP contribution in [-0.2, 0) is 11.2 Å². The summed E-state index contributed by atoms with van der Waals surface area (Å²) in [4.78, 5) is 21.0. The van der Waals surface area contributed by atoms with Gasteiger partial charge in [0.05, 0.1) is 18.0 Å². The molecule has 31 heavy (non-hydrogen) atoms. The first-order chi connectivity index (χ1) is 15.1. The van der Waals surface area contributed by atoms with Crippen molar-refractivity contribution >= 4 is 39.8 Å². The minimum Gasteiger partial charge on any atom is -0.493 e. The minimum absolute atomic E-state index is 0.240.